The molecule has 0 bridgehead atoms. The maximum absolute atomic E-state index is 8.36. The van der Waals surface area contributed by atoms with Crippen LogP contribution in [0.5, 0.6) is 0 Å². The van der Waals surface area contributed by atoms with Gasteiger partial charge in [-0.2, -0.15) is 0 Å². The molecule has 0 saturated heterocycles. The lowest BCUT2D eigenvalue weighted by atomic mass is 9.85. The van der Waals surface area contributed by atoms with Crippen LogP contribution in [0.3, 0.4) is 0 Å². The Bertz CT molecular complexity index is 1870. The molecule has 0 amide bonds. The van der Waals surface area contributed by atoms with Crippen molar-refractivity contribution in [3.05, 3.63) is 185 Å². The van der Waals surface area contributed by atoms with Gasteiger partial charge >= 0.3 is 0 Å². The summed E-state index contributed by atoms with van der Waals surface area (Å²) in [6.07, 6.45) is 9.82. The molecule has 0 aliphatic heterocycles. The molecule has 4 unspecified atom stereocenters. The van der Waals surface area contributed by atoms with Gasteiger partial charge in [-0.1, -0.05) is 106 Å². The first-order chi connectivity index (χ1) is 24.5. The minimum atomic E-state index is -1.50. The van der Waals surface area contributed by atoms with Crippen LogP contribution in [0.1, 0.15) is 46.3 Å². The standard InChI is InChI=1S/C36H28Cl6N4O.HNO3/c37-25-5-1-23(2-6-25)35(31(19-45-15-13-43-21-45)29-11-9-27(39)17-33(29)41)47-36(24-3-7-26(38)8-4-24)32(20-46-16-14-44-22-46)30-12-10-28(40)18-34(30)42;2-1(3)4/h1-18,21-22,31-32,35-36H,19-20H2;(H,2,3,4). The summed E-state index contributed by atoms with van der Waals surface area (Å²) in [4.78, 5) is 17.0. The summed E-state index contributed by atoms with van der Waals surface area (Å²) in [7, 11) is 0. The Hall–Kier alpha value is -3.80. The molecule has 2 aromatic heterocycles. The van der Waals surface area contributed by atoms with Crippen molar-refractivity contribution in [2.24, 2.45) is 0 Å². The Labute approximate surface area is 324 Å². The number of benzene rings is 4. The quantitative estimate of drug-likeness (QED) is 0.0974. The van der Waals surface area contributed by atoms with Gasteiger partial charge in [0, 0.05) is 79.8 Å². The van der Waals surface area contributed by atoms with E-state index < -0.39 is 17.3 Å². The van der Waals surface area contributed by atoms with E-state index >= 15 is 0 Å². The van der Waals surface area contributed by atoms with Crippen LogP contribution >= 0.6 is 69.6 Å². The minimum Gasteiger partial charge on any atom is -0.364 e. The second-order valence-electron chi connectivity index (χ2n) is 11.4. The predicted molar refractivity (Wildman–Crippen MR) is 201 cm³/mol. The molecular weight excluding hydrogens is 779 g/mol. The molecule has 2 heterocycles. The summed E-state index contributed by atoms with van der Waals surface area (Å²) in [6.45, 7) is 1.02. The molecule has 4 atom stereocenters. The minimum absolute atomic E-state index is 0.292. The summed E-state index contributed by atoms with van der Waals surface area (Å²) in [5, 5.41) is 17.0. The van der Waals surface area contributed by atoms with Crippen molar-refractivity contribution in [1.29, 1.82) is 0 Å². The first-order valence-electron chi connectivity index (χ1n) is 15.3. The van der Waals surface area contributed by atoms with Crippen molar-refractivity contribution in [2.45, 2.75) is 37.1 Å². The van der Waals surface area contributed by atoms with Crippen molar-refractivity contribution >= 4 is 69.6 Å². The zero-order valence-corrected chi connectivity index (χ0v) is 31.0. The molecular formula is C36H29Cl6N5O4. The van der Waals surface area contributed by atoms with Gasteiger partial charge in [0.15, 0.2) is 0 Å². The zero-order valence-electron chi connectivity index (χ0n) is 26.4. The molecule has 0 aliphatic rings. The number of halogens is 6. The lowest BCUT2D eigenvalue weighted by Gasteiger charge is -2.36. The van der Waals surface area contributed by atoms with Gasteiger partial charge in [-0.05, 0) is 70.8 Å². The first kappa shape index (κ1) is 38.4. The average Bonchev–Trinajstić information content (AvgIpc) is 3.80. The third-order valence-electron chi connectivity index (χ3n) is 8.08. The van der Waals surface area contributed by atoms with Crippen molar-refractivity contribution in [1.82, 2.24) is 19.1 Å². The number of ether oxygens (including phenoxy) is 1. The van der Waals surface area contributed by atoms with E-state index in [1.807, 2.05) is 94.3 Å². The van der Waals surface area contributed by atoms with Crippen molar-refractivity contribution in [2.75, 3.05) is 0 Å². The van der Waals surface area contributed by atoms with E-state index in [0.717, 1.165) is 22.3 Å². The highest BCUT2D eigenvalue weighted by Gasteiger charge is 2.36. The third-order valence-corrected chi connectivity index (χ3v) is 9.71. The number of aromatic nitrogens is 4. The molecule has 15 heteroatoms. The van der Waals surface area contributed by atoms with E-state index in [4.69, 9.17) is 89.7 Å². The monoisotopic (exact) mass is 805 g/mol. The summed E-state index contributed by atoms with van der Waals surface area (Å²) < 4.78 is 11.5. The Balaban J connectivity index is 0.00000120. The third kappa shape index (κ3) is 10.6. The van der Waals surface area contributed by atoms with Crippen LogP contribution in [-0.4, -0.2) is 29.4 Å². The molecule has 0 spiro atoms. The molecule has 264 valence electrons. The van der Waals surface area contributed by atoms with Crippen LogP contribution in [0.15, 0.2) is 122 Å². The van der Waals surface area contributed by atoms with Gasteiger partial charge in [0.1, 0.15) is 0 Å². The van der Waals surface area contributed by atoms with Gasteiger partial charge in [-0.15, -0.1) is 10.1 Å². The van der Waals surface area contributed by atoms with Gasteiger partial charge in [0.05, 0.1) is 24.9 Å². The summed E-state index contributed by atoms with van der Waals surface area (Å²) >= 11 is 39.4. The van der Waals surface area contributed by atoms with Crippen molar-refractivity contribution < 1.29 is 15.0 Å². The molecule has 9 nitrogen and oxygen atoms in total. The number of rotatable bonds is 12. The van der Waals surface area contributed by atoms with Crippen LogP contribution in [0.4, 0.5) is 0 Å². The van der Waals surface area contributed by atoms with E-state index in [-0.39, 0.29) is 11.8 Å². The van der Waals surface area contributed by atoms with Gasteiger partial charge in [-0.3, -0.25) is 0 Å². The SMILES string of the molecule is Clc1ccc(C(OC(c2ccc(Cl)cc2)C(Cn2ccnc2)c2ccc(Cl)cc2Cl)C(Cn2ccnc2)c2ccc(Cl)cc2Cl)cc1.O=[N+]([O-])O. The largest absolute Gasteiger partial charge is 0.364 e. The van der Waals surface area contributed by atoms with Crippen molar-refractivity contribution in [3.63, 3.8) is 0 Å². The fraction of sp³-hybridized carbons (Fsp3) is 0.167. The molecule has 0 saturated carbocycles. The van der Waals surface area contributed by atoms with Crippen LogP contribution in [0, 0.1) is 10.1 Å². The lowest BCUT2D eigenvalue weighted by molar-refractivity contribution is -0.742. The molecule has 1 N–H and O–H groups in total. The summed E-state index contributed by atoms with van der Waals surface area (Å²) in [5.74, 6) is -0.584. The smallest absolute Gasteiger partial charge is 0.291 e. The van der Waals surface area contributed by atoms with Gasteiger partial charge < -0.3 is 19.1 Å². The maximum atomic E-state index is 8.36. The highest BCUT2D eigenvalue weighted by Crippen LogP contribution is 2.47. The van der Waals surface area contributed by atoms with Crippen LogP contribution in [0.25, 0.3) is 0 Å². The topological polar surface area (TPSA) is 108 Å². The van der Waals surface area contributed by atoms with E-state index in [0.29, 0.717) is 43.2 Å². The molecule has 0 fully saturated rings. The Kier molecular flexibility index (Phi) is 13.6. The lowest BCUT2D eigenvalue weighted by Crippen LogP contribution is -2.26. The fourth-order valence-electron chi connectivity index (χ4n) is 5.84. The number of hydrogen-bond acceptors (Lipinski definition) is 5. The molecule has 6 rings (SSSR count). The Morgan fingerprint density at radius 2 is 0.980 bits per heavy atom. The van der Waals surface area contributed by atoms with E-state index in [2.05, 4.69) is 9.97 Å². The molecule has 51 heavy (non-hydrogen) atoms. The van der Waals surface area contributed by atoms with E-state index in [1.54, 1.807) is 37.2 Å². The second kappa shape index (κ2) is 18.1. The maximum Gasteiger partial charge on any atom is 0.291 e. The highest BCUT2D eigenvalue weighted by molar-refractivity contribution is 6.35. The van der Waals surface area contributed by atoms with Gasteiger partial charge in [-0.25, -0.2) is 9.97 Å². The van der Waals surface area contributed by atoms with Crippen LogP contribution in [-0.2, 0) is 17.8 Å². The first-order valence-corrected chi connectivity index (χ1v) is 17.6. The molecule has 6 aromatic rings. The van der Waals surface area contributed by atoms with E-state index in [1.165, 1.54) is 0 Å². The highest BCUT2D eigenvalue weighted by atomic mass is 35.5. The number of nitrogens with zero attached hydrogens (tertiary/aromatic N) is 5. The number of imidazole rings is 2. The fourth-order valence-corrected chi connectivity index (χ4v) is 7.19. The second-order valence-corrected chi connectivity index (χ2v) is 13.9. The zero-order chi connectivity index (χ0) is 36.5. The Morgan fingerprint density at radius 3 is 1.29 bits per heavy atom. The summed E-state index contributed by atoms with van der Waals surface area (Å²) in [6, 6.07) is 26.5. The molecule has 4 aromatic carbocycles. The van der Waals surface area contributed by atoms with Gasteiger partial charge in [0.2, 0.25) is 0 Å². The Morgan fingerprint density at radius 1 is 0.627 bits per heavy atom. The molecule has 0 radical (unpaired) electrons. The van der Waals surface area contributed by atoms with Crippen molar-refractivity contribution in [3.8, 4) is 0 Å². The summed E-state index contributed by atoms with van der Waals surface area (Å²) in [5.41, 5.74) is 3.56. The average molecular weight is 808 g/mol. The van der Waals surface area contributed by atoms with E-state index in [9.17, 15) is 0 Å². The number of hydrogen-bond donors (Lipinski definition) is 1. The normalized spacial score (nSPS) is 13.5. The van der Waals surface area contributed by atoms with Crippen LogP contribution in [0.2, 0.25) is 30.1 Å². The van der Waals surface area contributed by atoms with Crippen LogP contribution < -0.4 is 0 Å². The predicted octanol–water partition coefficient (Wildman–Crippen LogP) is 11.4. The van der Waals surface area contributed by atoms with Gasteiger partial charge in [0.25, 0.3) is 5.09 Å². The molecule has 0 aliphatic carbocycles.